The highest BCUT2D eigenvalue weighted by atomic mass is 19.1. The normalized spacial score (nSPS) is 17.1. The molecule has 0 aliphatic carbocycles. The summed E-state index contributed by atoms with van der Waals surface area (Å²) >= 11 is 0. The number of pyridine rings is 1. The van der Waals surface area contributed by atoms with Crippen molar-refractivity contribution in [3.8, 4) is 11.5 Å². The summed E-state index contributed by atoms with van der Waals surface area (Å²) in [6.07, 6.45) is 6.23. The Hall–Kier alpha value is -3.23. The van der Waals surface area contributed by atoms with Crippen molar-refractivity contribution in [2.75, 3.05) is 18.4 Å². The van der Waals surface area contributed by atoms with Crippen LogP contribution in [-0.2, 0) is 4.74 Å². The number of carbonyl (C=O) groups excluding carboxylic acids is 1. The first kappa shape index (κ1) is 21.0. The standard InChI is InChI=1S/C22H27FN6O2/c1-14-10-25-20(17-11-24-18-8-7-15(23)12-29(17)18)27-19(14)26-16-6-5-9-28(13-16)21(30)31-22(2,3)4/h7-8,10-12,16H,5-6,9,13H2,1-4H3,(H,25,26,27)/t16-/m1/s1. The summed E-state index contributed by atoms with van der Waals surface area (Å²) in [5.74, 6) is 0.778. The Kier molecular flexibility index (Phi) is 5.51. The number of piperidine rings is 1. The number of nitrogens with zero attached hydrogens (tertiary/aromatic N) is 5. The molecule has 0 radical (unpaired) electrons. The fraction of sp³-hybridized carbons (Fsp3) is 0.455. The molecule has 4 rings (SSSR count). The smallest absolute Gasteiger partial charge is 0.410 e. The number of fused-ring (bicyclic) bond motifs is 1. The molecule has 4 heterocycles. The minimum Gasteiger partial charge on any atom is -0.444 e. The highest BCUT2D eigenvalue weighted by Gasteiger charge is 2.28. The maximum absolute atomic E-state index is 13.7. The Labute approximate surface area is 180 Å². The van der Waals surface area contributed by atoms with E-state index in [1.807, 2.05) is 27.7 Å². The van der Waals surface area contributed by atoms with Crippen LogP contribution in [0.4, 0.5) is 15.0 Å². The maximum Gasteiger partial charge on any atom is 0.410 e. The first-order valence-electron chi connectivity index (χ1n) is 10.4. The number of aromatic nitrogens is 4. The van der Waals surface area contributed by atoms with Gasteiger partial charge in [-0.1, -0.05) is 0 Å². The van der Waals surface area contributed by atoms with Crippen LogP contribution in [0.5, 0.6) is 0 Å². The van der Waals surface area contributed by atoms with Crippen LogP contribution < -0.4 is 5.32 Å². The molecule has 1 N–H and O–H groups in total. The lowest BCUT2D eigenvalue weighted by molar-refractivity contribution is 0.0206. The van der Waals surface area contributed by atoms with E-state index in [0.29, 0.717) is 36.1 Å². The van der Waals surface area contributed by atoms with E-state index in [1.54, 1.807) is 27.8 Å². The molecule has 3 aromatic heterocycles. The first-order valence-corrected chi connectivity index (χ1v) is 10.4. The van der Waals surface area contributed by atoms with Crippen molar-refractivity contribution >= 4 is 17.6 Å². The molecule has 0 bridgehead atoms. The number of nitrogens with one attached hydrogen (secondary N) is 1. The molecule has 3 aromatic rings. The third-order valence-electron chi connectivity index (χ3n) is 5.08. The number of hydrogen-bond donors (Lipinski definition) is 1. The summed E-state index contributed by atoms with van der Waals surface area (Å²) < 4.78 is 20.9. The largest absolute Gasteiger partial charge is 0.444 e. The molecule has 0 spiro atoms. The second kappa shape index (κ2) is 8.13. The van der Waals surface area contributed by atoms with Gasteiger partial charge < -0.3 is 15.0 Å². The summed E-state index contributed by atoms with van der Waals surface area (Å²) in [4.78, 5) is 27.6. The van der Waals surface area contributed by atoms with Gasteiger partial charge in [0, 0.05) is 37.1 Å². The van der Waals surface area contributed by atoms with Crippen molar-refractivity contribution in [3.05, 3.63) is 42.1 Å². The van der Waals surface area contributed by atoms with Crippen molar-refractivity contribution < 1.29 is 13.9 Å². The van der Waals surface area contributed by atoms with Crippen LogP contribution in [0.2, 0.25) is 0 Å². The number of halogens is 1. The fourth-order valence-corrected chi connectivity index (χ4v) is 3.61. The van der Waals surface area contributed by atoms with E-state index in [9.17, 15) is 9.18 Å². The zero-order valence-corrected chi connectivity index (χ0v) is 18.2. The third-order valence-corrected chi connectivity index (χ3v) is 5.08. The number of hydrogen-bond acceptors (Lipinski definition) is 6. The molecule has 1 fully saturated rings. The van der Waals surface area contributed by atoms with Crippen molar-refractivity contribution in [1.82, 2.24) is 24.3 Å². The topological polar surface area (TPSA) is 84.7 Å². The van der Waals surface area contributed by atoms with Crippen LogP contribution in [0.25, 0.3) is 17.2 Å². The van der Waals surface area contributed by atoms with Gasteiger partial charge in [-0.15, -0.1) is 0 Å². The zero-order valence-electron chi connectivity index (χ0n) is 18.2. The van der Waals surface area contributed by atoms with Gasteiger partial charge in [0.1, 0.15) is 28.6 Å². The number of imidazole rings is 1. The number of likely N-dealkylation sites (tertiary alicyclic amines) is 1. The van der Waals surface area contributed by atoms with E-state index < -0.39 is 5.60 Å². The fourth-order valence-electron chi connectivity index (χ4n) is 3.61. The number of rotatable bonds is 3. The molecule has 31 heavy (non-hydrogen) atoms. The van der Waals surface area contributed by atoms with Gasteiger partial charge in [-0.2, -0.15) is 0 Å². The van der Waals surface area contributed by atoms with Crippen LogP contribution in [0, 0.1) is 12.7 Å². The molecule has 1 aliphatic heterocycles. The lowest BCUT2D eigenvalue weighted by Crippen LogP contribution is -2.47. The van der Waals surface area contributed by atoms with Crippen LogP contribution in [0.3, 0.4) is 0 Å². The number of aryl methyl sites for hydroxylation is 1. The van der Waals surface area contributed by atoms with Crippen molar-refractivity contribution in [2.24, 2.45) is 0 Å². The van der Waals surface area contributed by atoms with Crippen molar-refractivity contribution in [2.45, 2.75) is 52.2 Å². The third kappa shape index (κ3) is 4.76. The molecule has 1 saturated heterocycles. The summed E-state index contributed by atoms with van der Waals surface area (Å²) in [5, 5.41) is 3.45. The van der Waals surface area contributed by atoms with Gasteiger partial charge in [0.05, 0.1) is 6.20 Å². The lowest BCUT2D eigenvalue weighted by atomic mass is 10.1. The summed E-state index contributed by atoms with van der Waals surface area (Å²) in [5.41, 5.74) is 1.59. The average Bonchev–Trinajstić information content (AvgIpc) is 3.11. The van der Waals surface area contributed by atoms with Crippen LogP contribution in [-0.4, -0.2) is 55.1 Å². The van der Waals surface area contributed by atoms with E-state index in [-0.39, 0.29) is 18.0 Å². The summed E-state index contributed by atoms with van der Waals surface area (Å²) in [7, 11) is 0. The first-order chi connectivity index (χ1) is 14.7. The quantitative estimate of drug-likeness (QED) is 0.680. The van der Waals surface area contributed by atoms with Gasteiger partial charge in [0.2, 0.25) is 0 Å². The van der Waals surface area contributed by atoms with Gasteiger partial charge >= 0.3 is 6.09 Å². The van der Waals surface area contributed by atoms with Crippen LogP contribution >= 0.6 is 0 Å². The van der Waals surface area contributed by atoms with E-state index in [0.717, 1.165) is 18.4 Å². The van der Waals surface area contributed by atoms with E-state index in [2.05, 4.69) is 20.3 Å². The average molecular weight is 426 g/mol. The molecule has 1 amide bonds. The van der Waals surface area contributed by atoms with Crippen LogP contribution in [0.1, 0.15) is 39.2 Å². The Balaban J connectivity index is 1.54. The van der Waals surface area contributed by atoms with Gasteiger partial charge in [-0.05, 0) is 52.7 Å². The van der Waals surface area contributed by atoms with Crippen LogP contribution in [0.15, 0.2) is 30.7 Å². The summed E-state index contributed by atoms with van der Waals surface area (Å²) in [6.45, 7) is 8.73. The predicted molar refractivity (Wildman–Crippen MR) is 115 cm³/mol. The van der Waals surface area contributed by atoms with E-state index in [4.69, 9.17) is 4.74 Å². The molecular weight excluding hydrogens is 399 g/mol. The Morgan fingerprint density at radius 2 is 2.06 bits per heavy atom. The van der Waals surface area contributed by atoms with Gasteiger partial charge in [0.15, 0.2) is 5.82 Å². The number of anilines is 1. The van der Waals surface area contributed by atoms with E-state index >= 15 is 0 Å². The minimum absolute atomic E-state index is 0.0438. The highest BCUT2D eigenvalue weighted by Crippen LogP contribution is 2.23. The lowest BCUT2D eigenvalue weighted by Gasteiger charge is -2.34. The SMILES string of the molecule is Cc1cnc(-c2cnc3ccc(F)cn23)nc1N[C@@H]1CCCN(C(=O)OC(C)(C)C)C1. The molecule has 1 aliphatic rings. The second-order valence-electron chi connectivity index (χ2n) is 8.85. The molecular formula is C22H27FN6O2. The molecule has 8 nitrogen and oxygen atoms in total. The van der Waals surface area contributed by atoms with Crippen molar-refractivity contribution in [1.29, 1.82) is 0 Å². The Morgan fingerprint density at radius 3 is 2.84 bits per heavy atom. The predicted octanol–water partition coefficient (Wildman–Crippen LogP) is 4.05. The molecule has 1 atom stereocenters. The van der Waals surface area contributed by atoms with Gasteiger partial charge in [-0.3, -0.25) is 4.40 Å². The second-order valence-corrected chi connectivity index (χ2v) is 8.85. The Bertz CT molecular complexity index is 1110. The van der Waals surface area contributed by atoms with Crippen molar-refractivity contribution in [3.63, 3.8) is 0 Å². The molecule has 9 heteroatoms. The zero-order chi connectivity index (χ0) is 22.2. The monoisotopic (exact) mass is 426 g/mol. The number of ether oxygens (including phenoxy) is 1. The molecule has 0 aromatic carbocycles. The number of carbonyl (C=O) groups is 1. The van der Waals surface area contributed by atoms with Gasteiger partial charge in [-0.25, -0.2) is 24.1 Å². The summed E-state index contributed by atoms with van der Waals surface area (Å²) in [6, 6.07) is 3.02. The maximum atomic E-state index is 13.7. The Morgan fingerprint density at radius 1 is 1.26 bits per heavy atom. The van der Waals surface area contributed by atoms with E-state index in [1.165, 1.54) is 12.3 Å². The highest BCUT2D eigenvalue weighted by molar-refractivity contribution is 5.68. The minimum atomic E-state index is -0.525. The molecule has 164 valence electrons. The molecule has 0 unspecified atom stereocenters. The molecule has 0 saturated carbocycles. The number of amides is 1. The van der Waals surface area contributed by atoms with Gasteiger partial charge in [0.25, 0.3) is 0 Å².